The summed E-state index contributed by atoms with van der Waals surface area (Å²) in [4.78, 5) is 1.21. The molecule has 1 fully saturated rings. The van der Waals surface area contributed by atoms with Crippen LogP contribution in [0.2, 0.25) is 4.34 Å². The molecule has 84 valence electrons. The monoisotopic (exact) mass is 244 g/mol. The SMILES string of the molecule is OC(Cc1ccc(Cl)s1)C1CCCCC1. The molecule has 1 N–H and O–H groups in total. The van der Waals surface area contributed by atoms with Crippen molar-refractivity contribution in [3.05, 3.63) is 21.3 Å². The molecule has 1 aliphatic carbocycles. The molecule has 1 nitrogen and oxygen atoms in total. The zero-order valence-electron chi connectivity index (χ0n) is 8.79. The maximum absolute atomic E-state index is 10.1. The second-order valence-electron chi connectivity index (χ2n) is 4.38. The minimum atomic E-state index is -0.167. The number of hydrogen-bond acceptors (Lipinski definition) is 2. The van der Waals surface area contributed by atoms with Crippen molar-refractivity contribution in [2.24, 2.45) is 5.92 Å². The lowest BCUT2D eigenvalue weighted by molar-refractivity contribution is 0.0858. The summed E-state index contributed by atoms with van der Waals surface area (Å²) < 4.78 is 0.820. The molecule has 0 spiro atoms. The summed E-state index contributed by atoms with van der Waals surface area (Å²) in [6.07, 6.45) is 6.91. The summed E-state index contributed by atoms with van der Waals surface area (Å²) in [5.74, 6) is 0.514. The molecule has 0 bridgehead atoms. The van der Waals surface area contributed by atoms with Crippen LogP contribution >= 0.6 is 22.9 Å². The summed E-state index contributed by atoms with van der Waals surface area (Å²) >= 11 is 7.45. The van der Waals surface area contributed by atoms with Gasteiger partial charge in [0.05, 0.1) is 10.4 Å². The van der Waals surface area contributed by atoms with E-state index >= 15 is 0 Å². The van der Waals surface area contributed by atoms with Crippen LogP contribution in [0.3, 0.4) is 0 Å². The van der Waals surface area contributed by atoms with Crippen LogP contribution in [0.5, 0.6) is 0 Å². The lowest BCUT2D eigenvalue weighted by atomic mass is 9.84. The van der Waals surface area contributed by atoms with Crippen LogP contribution in [0.1, 0.15) is 37.0 Å². The predicted molar refractivity (Wildman–Crippen MR) is 65.6 cm³/mol. The van der Waals surface area contributed by atoms with Gasteiger partial charge in [-0.3, -0.25) is 0 Å². The van der Waals surface area contributed by atoms with Crippen molar-refractivity contribution < 1.29 is 5.11 Å². The molecule has 1 unspecified atom stereocenters. The van der Waals surface area contributed by atoms with Crippen molar-refractivity contribution in [1.82, 2.24) is 0 Å². The first-order valence-corrected chi connectivity index (χ1v) is 6.87. The Balaban J connectivity index is 1.88. The maximum Gasteiger partial charge on any atom is 0.0931 e. The van der Waals surface area contributed by atoms with Crippen LogP contribution in [0.4, 0.5) is 0 Å². The first-order valence-electron chi connectivity index (χ1n) is 5.68. The van der Waals surface area contributed by atoms with Gasteiger partial charge in [-0.05, 0) is 30.9 Å². The maximum atomic E-state index is 10.1. The third-order valence-electron chi connectivity index (χ3n) is 3.23. The molecule has 1 aliphatic rings. The molecular weight excluding hydrogens is 228 g/mol. The van der Waals surface area contributed by atoms with Gasteiger partial charge in [-0.15, -0.1) is 11.3 Å². The Labute approximate surface area is 100 Å². The van der Waals surface area contributed by atoms with Crippen LogP contribution in [0.15, 0.2) is 12.1 Å². The molecular formula is C12H17ClOS. The first-order chi connectivity index (χ1) is 7.25. The average Bonchev–Trinajstić information content (AvgIpc) is 2.65. The highest BCUT2D eigenvalue weighted by Crippen LogP contribution is 2.30. The van der Waals surface area contributed by atoms with E-state index in [4.69, 9.17) is 11.6 Å². The number of aliphatic hydroxyl groups excluding tert-OH is 1. The van der Waals surface area contributed by atoms with Gasteiger partial charge in [-0.2, -0.15) is 0 Å². The Bertz CT molecular complexity index is 304. The van der Waals surface area contributed by atoms with Crippen molar-refractivity contribution in [2.75, 3.05) is 0 Å². The molecule has 1 atom stereocenters. The highest BCUT2D eigenvalue weighted by Gasteiger charge is 2.22. The van der Waals surface area contributed by atoms with E-state index in [0.717, 1.165) is 10.8 Å². The van der Waals surface area contributed by atoms with Crippen molar-refractivity contribution >= 4 is 22.9 Å². The van der Waals surface area contributed by atoms with Gasteiger partial charge in [-0.1, -0.05) is 30.9 Å². The molecule has 0 amide bonds. The summed E-state index contributed by atoms with van der Waals surface area (Å²) in [6.45, 7) is 0. The van der Waals surface area contributed by atoms with E-state index in [9.17, 15) is 5.11 Å². The van der Waals surface area contributed by atoms with Gasteiger partial charge in [0.2, 0.25) is 0 Å². The molecule has 0 aromatic carbocycles. The van der Waals surface area contributed by atoms with E-state index in [1.807, 2.05) is 12.1 Å². The molecule has 0 saturated heterocycles. The summed E-state index contributed by atoms with van der Waals surface area (Å²) in [6, 6.07) is 3.94. The highest BCUT2D eigenvalue weighted by atomic mass is 35.5. The Morgan fingerprint density at radius 3 is 2.67 bits per heavy atom. The van der Waals surface area contributed by atoms with Crippen molar-refractivity contribution in [2.45, 2.75) is 44.6 Å². The molecule has 1 heterocycles. The minimum Gasteiger partial charge on any atom is -0.392 e. The van der Waals surface area contributed by atoms with Gasteiger partial charge < -0.3 is 5.11 Å². The second-order valence-corrected chi connectivity index (χ2v) is 6.18. The fraction of sp³-hybridized carbons (Fsp3) is 0.667. The Kier molecular flexibility index (Phi) is 4.06. The molecule has 15 heavy (non-hydrogen) atoms. The topological polar surface area (TPSA) is 20.2 Å². The van der Waals surface area contributed by atoms with E-state index in [-0.39, 0.29) is 6.10 Å². The number of thiophene rings is 1. The number of aliphatic hydroxyl groups is 1. The van der Waals surface area contributed by atoms with Gasteiger partial charge in [0.25, 0.3) is 0 Å². The van der Waals surface area contributed by atoms with Gasteiger partial charge in [0.1, 0.15) is 0 Å². The highest BCUT2D eigenvalue weighted by molar-refractivity contribution is 7.16. The summed E-state index contributed by atoms with van der Waals surface area (Å²) in [5.41, 5.74) is 0. The van der Waals surface area contributed by atoms with Crippen LogP contribution in [-0.2, 0) is 6.42 Å². The zero-order chi connectivity index (χ0) is 10.7. The molecule has 1 aromatic heterocycles. The van der Waals surface area contributed by atoms with E-state index in [0.29, 0.717) is 5.92 Å². The van der Waals surface area contributed by atoms with Gasteiger partial charge >= 0.3 is 0 Å². The van der Waals surface area contributed by atoms with Crippen LogP contribution in [-0.4, -0.2) is 11.2 Å². The van der Waals surface area contributed by atoms with E-state index < -0.39 is 0 Å². The molecule has 1 saturated carbocycles. The van der Waals surface area contributed by atoms with Gasteiger partial charge in [-0.25, -0.2) is 0 Å². The van der Waals surface area contributed by atoms with E-state index in [1.54, 1.807) is 11.3 Å². The Morgan fingerprint density at radius 2 is 2.07 bits per heavy atom. The van der Waals surface area contributed by atoms with Crippen molar-refractivity contribution in [3.8, 4) is 0 Å². The standard InChI is InChI=1S/C12H17ClOS/c13-12-7-6-10(15-12)8-11(14)9-4-2-1-3-5-9/h6-7,9,11,14H,1-5,8H2. The molecule has 0 aliphatic heterocycles. The summed E-state index contributed by atoms with van der Waals surface area (Å²) in [5, 5.41) is 10.1. The number of halogens is 1. The van der Waals surface area contributed by atoms with Crippen molar-refractivity contribution in [3.63, 3.8) is 0 Å². The van der Waals surface area contributed by atoms with Crippen LogP contribution in [0, 0.1) is 5.92 Å². The normalized spacial score (nSPS) is 20.4. The molecule has 2 rings (SSSR count). The lowest BCUT2D eigenvalue weighted by Gasteiger charge is -2.26. The first kappa shape index (κ1) is 11.4. The average molecular weight is 245 g/mol. The predicted octanol–water partition coefficient (Wildman–Crippen LogP) is 3.89. The number of rotatable bonds is 3. The fourth-order valence-corrected chi connectivity index (χ4v) is 3.49. The Morgan fingerprint density at radius 1 is 1.33 bits per heavy atom. The Hall–Kier alpha value is -0.0500. The van der Waals surface area contributed by atoms with E-state index in [1.165, 1.54) is 37.0 Å². The smallest absolute Gasteiger partial charge is 0.0931 e. The van der Waals surface area contributed by atoms with Crippen LogP contribution < -0.4 is 0 Å². The van der Waals surface area contributed by atoms with Crippen molar-refractivity contribution in [1.29, 1.82) is 0 Å². The fourth-order valence-electron chi connectivity index (χ4n) is 2.35. The van der Waals surface area contributed by atoms with Crippen LogP contribution in [0.25, 0.3) is 0 Å². The van der Waals surface area contributed by atoms with Gasteiger partial charge in [0.15, 0.2) is 0 Å². The molecule has 0 radical (unpaired) electrons. The quantitative estimate of drug-likeness (QED) is 0.856. The number of hydrogen-bond donors (Lipinski definition) is 1. The second kappa shape index (κ2) is 5.33. The largest absolute Gasteiger partial charge is 0.392 e. The minimum absolute atomic E-state index is 0.167. The zero-order valence-corrected chi connectivity index (χ0v) is 10.4. The molecule has 1 aromatic rings. The lowest BCUT2D eigenvalue weighted by Crippen LogP contribution is -2.24. The van der Waals surface area contributed by atoms with E-state index in [2.05, 4.69) is 0 Å². The summed E-state index contributed by atoms with van der Waals surface area (Å²) in [7, 11) is 0. The third-order valence-corrected chi connectivity index (χ3v) is 4.49. The van der Waals surface area contributed by atoms with Gasteiger partial charge in [0, 0.05) is 11.3 Å². The third kappa shape index (κ3) is 3.20. The molecule has 3 heteroatoms.